The molecular formula is C18H22N4O6. The number of ether oxygens (including phenoxy) is 2. The number of anilines is 1. The van der Waals surface area contributed by atoms with Crippen molar-refractivity contribution >= 4 is 35.1 Å². The van der Waals surface area contributed by atoms with Gasteiger partial charge in [-0.05, 0) is 53.7 Å². The van der Waals surface area contributed by atoms with E-state index >= 15 is 0 Å². The summed E-state index contributed by atoms with van der Waals surface area (Å²) < 4.78 is 10.5. The molecule has 2 heterocycles. The van der Waals surface area contributed by atoms with Crippen LogP contribution in [0.2, 0.25) is 0 Å². The molecule has 0 atom stereocenters. The molecular weight excluding hydrogens is 368 g/mol. The first kappa shape index (κ1) is 21.0. The summed E-state index contributed by atoms with van der Waals surface area (Å²) in [6, 6.07) is 2.77. The number of nitrogens with zero attached hydrogens (tertiary/aromatic N) is 4. The predicted molar refractivity (Wildman–Crippen MR) is 99.2 cm³/mol. The van der Waals surface area contributed by atoms with E-state index in [0.29, 0.717) is 10.3 Å². The lowest BCUT2D eigenvalue weighted by Gasteiger charge is -2.27. The van der Waals surface area contributed by atoms with Gasteiger partial charge in [0.15, 0.2) is 11.3 Å². The van der Waals surface area contributed by atoms with Crippen LogP contribution in [0.3, 0.4) is 0 Å². The highest BCUT2D eigenvalue weighted by Gasteiger charge is 2.34. The normalized spacial score (nSPS) is 11.8. The maximum atomic E-state index is 12.6. The van der Waals surface area contributed by atoms with Crippen LogP contribution >= 0.6 is 0 Å². The Morgan fingerprint density at radius 3 is 1.93 bits per heavy atom. The average molecular weight is 390 g/mol. The Hall–Kier alpha value is -3.30. The van der Waals surface area contributed by atoms with Crippen LogP contribution in [0.5, 0.6) is 0 Å². The third kappa shape index (κ3) is 5.35. The molecule has 0 aliphatic rings. The number of carboxylic acids is 1. The molecule has 0 radical (unpaired) electrons. The second-order valence-electron chi connectivity index (χ2n) is 7.88. The van der Waals surface area contributed by atoms with Crippen LogP contribution in [-0.2, 0) is 9.47 Å². The number of pyridine rings is 1. The molecule has 0 bridgehead atoms. The summed E-state index contributed by atoms with van der Waals surface area (Å²) >= 11 is 0. The number of fused-ring (bicyclic) bond motifs is 1. The lowest BCUT2D eigenvalue weighted by Crippen LogP contribution is -2.44. The van der Waals surface area contributed by atoms with E-state index in [1.165, 1.54) is 18.3 Å². The number of aromatic carboxylic acids is 1. The van der Waals surface area contributed by atoms with Gasteiger partial charge in [-0.15, -0.1) is 4.90 Å². The second-order valence-corrected chi connectivity index (χ2v) is 7.88. The van der Waals surface area contributed by atoms with Crippen molar-refractivity contribution in [1.29, 1.82) is 0 Å². The molecule has 0 unspecified atom stereocenters. The van der Waals surface area contributed by atoms with Crippen molar-refractivity contribution in [3.05, 3.63) is 24.0 Å². The lowest BCUT2D eigenvalue weighted by atomic mass is 10.2. The molecule has 2 aromatic rings. The Kier molecular flexibility index (Phi) is 5.53. The molecule has 28 heavy (non-hydrogen) atoms. The van der Waals surface area contributed by atoms with E-state index in [9.17, 15) is 14.4 Å². The van der Waals surface area contributed by atoms with E-state index in [0.717, 1.165) is 0 Å². The van der Waals surface area contributed by atoms with E-state index in [-0.39, 0.29) is 17.3 Å². The average Bonchev–Trinajstić information content (AvgIpc) is 2.50. The molecule has 2 aromatic heterocycles. The Morgan fingerprint density at radius 2 is 1.46 bits per heavy atom. The molecule has 0 aromatic carbocycles. The molecule has 2 rings (SSSR count). The molecule has 2 amide bonds. The van der Waals surface area contributed by atoms with Crippen molar-refractivity contribution in [3.8, 4) is 0 Å². The Bertz CT molecular complexity index is 902. The number of carboxylic acid groups (broad SMARTS) is 1. The maximum Gasteiger partial charge on any atom is 0.427 e. The monoisotopic (exact) mass is 390 g/mol. The van der Waals surface area contributed by atoms with Crippen molar-refractivity contribution in [1.82, 2.24) is 15.0 Å². The molecule has 0 spiro atoms. The number of hydrogen-bond donors (Lipinski definition) is 1. The van der Waals surface area contributed by atoms with Gasteiger partial charge in [0.25, 0.3) is 0 Å². The third-order valence-corrected chi connectivity index (χ3v) is 3.00. The van der Waals surface area contributed by atoms with Crippen molar-refractivity contribution in [2.45, 2.75) is 52.7 Å². The number of imide groups is 1. The van der Waals surface area contributed by atoms with E-state index in [1.54, 1.807) is 41.5 Å². The maximum absolute atomic E-state index is 12.6. The van der Waals surface area contributed by atoms with Gasteiger partial charge < -0.3 is 14.6 Å². The summed E-state index contributed by atoms with van der Waals surface area (Å²) in [5, 5.41) is 9.52. The highest BCUT2D eigenvalue weighted by atomic mass is 16.6. The predicted octanol–water partition coefficient (Wildman–Crippen LogP) is 3.40. The fourth-order valence-electron chi connectivity index (χ4n) is 1.98. The molecule has 10 nitrogen and oxygen atoms in total. The lowest BCUT2D eigenvalue weighted by molar-refractivity contribution is 0.0426. The van der Waals surface area contributed by atoms with Gasteiger partial charge in [0, 0.05) is 11.6 Å². The Balaban J connectivity index is 2.53. The Morgan fingerprint density at radius 1 is 0.929 bits per heavy atom. The van der Waals surface area contributed by atoms with Crippen molar-refractivity contribution in [3.63, 3.8) is 0 Å². The van der Waals surface area contributed by atoms with Crippen LogP contribution in [0, 0.1) is 0 Å². The Labute approximate surface area is 161 Å². The fraction of sp³-hybridized carbons (Fsp3) is 0.444. The van der Waals surface area contributed by atoms with Crippen LogP contribution in [0.25, 0.3) is 11.0 Å². The van der Waals surface area contributed by atoms with Crippen LogP contribution in [0.15, 0.2) is 18.3 Å². The summed E-state index contributed by atoms with van der Waals surface area (Å²) in [5.41, 5.74) is -2.01. The minimum atomic E-state index is -1.24. The number of amides is 2. The van der Waals surface area contributed by atoms with Crippen molar-refractivity contribution in [2.75, 3.05) is 4.90 Å². The van der Waals surface area contributed by atoms with Crippen molar-refractivity contribution < 1.29 is 29.0 Å². The second kappa shape index (κ2) is 7.37. The molecule has 0 aliphatic heterocycles. The molecule has 0 aliphatic carbocycles. The molecule has 1 N–H and O–H groups in total. The van der Waals surface area contributed by atoms with Gasteiger partial charge in [0.2, 0.25) is 5.95 Å². The minimum absolute atomic E-state index is 0.00187. The van der Waals surface area contributed by atoms with E-state index in [2.05, 4.69) is 15.0 Å². The molecule has 0 saturated carbocycles. The van der Waals surface area contributed by atoms with Crippen LogP contribution in [-0.4, -0.2) is 49.4 Å². The van der Waals surface area contributed by atoms with Gasteiger partial charge in [-0.1, -0.05) is 0 Å². The zero-order chi connectivity index (χ0) is 21.3. The third-order valence-electron chi connectivity index (χ3n) is 3.00. The van der Waals surface area contributed by atoms with Gasteiger partial charge >= 0.3 is 18.2 Å². The van der Waals surface area contributed by atoms with Crippen LogP contribution in [0.4, 0.5) is 15.5 Å². The molecule has 10 heteroatoms. The molecule has 150 valence electrons. The van der Waals surface area contributed by atoms with E-state index in [1.807, 2.05) is 0 Å². The first-order valence-electron chi connectivity index (χ1n) is 8.40. The molecule has 0 saturated heterocycles. The summed E-state index contributed by atoms with van der Waals surface area (Å²) in [7, 11) is 0. The zero-order valence-electron chi connectivity index (χ0n) is 16.5. The minimum Gasteiger partial charge on any atom is -0.477 e. The first-order chi connectivity index (χ1) is 12.8. The fourth-order valence-corrected chi connectivity index (χ4v) is 1.98. The SMILES string of the molecule is CC(C)(C)OC(=O)N(C(=O)OC(C)(C)C)c1ncc2ccc(C(=O)O)nc2n1. The number of carbonyl (C=O) groups excluding carboxylic acids is 2. The summed E-state index contributed by atoms with van der Waals surface area (Å²) in [4.78, 5) is 48.9. The van der Waals surface area contributed by atoms with Gasteiger partial charge in [-0.3, -0.25) is 0 Å². The van der Waals surface area contributed by atoms with Crippen LogP contribution < -0.4 is 4.90 Å². The standard InChI is InChI=1S/C18H22N4O6/c1-17(2,3)27-15(25)22(16(26)28-18(4,5)6)14-19-9-10-7-8-11(13(23)24)20-12(10)21-14/h7-9H,1-6H3,(H,23,24). The topological polar surface area (TPSA) is 132 Å². The summed E-state index contributed by atoms with van der Waals surface area (Å²) in [6.07, 6.45) is -0.746. The van der Waals surface area contributed by atoms with Gasteiger partial charge in [-0.2, -0.15) is 4.98 Å². The highest BCUT2D eigenvalue weighted by Crippen LogP contribution is 2.20. The van der Waals surface area contributed by atoms with Gasteiger partial charge in [-0.25, -0.2) is 24.4 Å². The quantitative estimate of drug-likeness (QED) is 0.819. The number of rotatable bonds is 2. The van der Waals surface area contributed by atoms with E-state index in [4.69, 9.17) is 14.6 Å². The highest BCUT2D eigenvalue weighted by molar-refractivity contribution is 6.08. The smallest absolute Gasteiger partial charge is 0.427 e. The largest absolute Gasteiger partial charge is 0.477 e. The molecule has 0 fully saturated rings. The van der Waals surface area contributed by atoms with Gasteiger partial charge in [0.1, 0.15) is 11.2 Å². The van der Waals surface area contributed by atoms with Gasteiger partial charge in [0.05, 0.1) is 0 Å². The summed E-state index contributed by atoms with van der Waals surface area (Å²) in [5.74, 6) is -1.58. The first-order valence-corrected chi connectivity index (χ1v) is 8.40. The summed E-state index contributed by atoms with van der Waals surface area (Å²) in [6.45, 7) is 9.83. The van der Waals surface area contributed by atoms with Crippen molar-refractivity contribution in [2.24, 2.45) is 0 Å². The number of hydrogen-bond acceptors (Lipinski definition) is 8. The zero-order valence-corrected chi connectivity index (χ0v) is 16.5. The number of aromatic nitrogens is 3. The van der Waals surface area contributed by atoms with Crippen LogP contribution in [0.1, 0.15) is 52.0 Å². The number of carbonyl (C=O) groups is 3. The van der Waals surface area contributed by atoms with E-state index < -0.39 is 29.4 Å².